The number of carbonyl (C=O) groups is 2. The van der Waals surface area contributed by atoms with Crippen molar-refractivity contribution in [2.75, 3.05) is 32.0 Å². The van der Waals surface area contributed by atoms with Gasteiger partial charge in [-0.3, -0.25) is 9.36 Å². The Balaban J connectivity index is 1.47. The predicted octanol–water partition coefficient (Wildman–Crippen LogP) is -0.226. The van der Waals surface area contributed by atoms with E-state index in [1.807, 2.05) is 0 Å². The highest BCUT2D eigenvalue weighted by atomic mass is 16.6. The van der Waals surface area contributed by atoms with E-state index in [0.717, 1.165) is 12.8 Å². The molecule has 0 saturated carbocycles. The number of likely N-dealkylation sites (N-methyl/N-ethyl adjacent to an activating group) is 1. The molecule has 2 fully saturated rings. The Morgan fingerprint density at radius 3 is 2.69 bits per heavy atom. The first kappa shape index (κ1) is 25.6. The molecule has 0 radical (unpaired) electrons. The molecule has 2 aromatic rings. The average Bonchev–Trinajstić information content (AvgIpc) is 3.41. The Hall–Kier alpha value is -3.47. The van der Waals surface area contributed by atoms with Crippen molar-refractivity contribution in [1.29, 1.82) is 0 Å². The number of amides is 2. The van der Waals surface area contributed by atoms with Crippen molar-refractivity contribution in [3.8, 4) is 11.8 Å². The van der Waals surface area contributed by atoms with Crippen LogP contribution >= 0.6 is 0 Å². The number of aliphatic hydroxyl groups is 2. The molecule has 2 aliphatic rings. The van der Waals surface area contributed by atoms with Crippen molar-refractivity contribution < 1.29 is 29.3 Å². The third-order valence-corrected chi connectivity index (χ3v) is 6.30. The van der Waals surface area contributed by atoms with E-state index in [4.69, 9.17) is 15.2 Å². The van der Waals surface area contributed by atoms with Gasteiger partial charge in [0.25, 0.3) is 5.91 Å². The molecule has 13 nitrogen and oxygen atoms in total. The smallest absolute Gasteiger partial charge is 0.409 e. The van der Waals surface area contributed by atoms with Crippen LogP contribution in [0.15, 0.2) is 6.33 Å². The lowest BCUT2D eigenvalue weighted by Crippen LogP contribution is -2.42. The molecule has 4 rings (SSSR count). The summed E-state index contributed by atoms with van der Waals surface area (Å²) in [5.74, 6) is 6.14. The maximum absolute atomic E-state index is 12.2. The number of nitrogen functional groups attached to an aromatic ring is 1. The van der Waals surface area contributed by atoms with Crippen LogP contribution in [0.5, 0.6) is 0 Å². The molecule has 13 heteroatoms. The molecule has 2 amide bonds. The fourth-order valence-corrected chi connectivity index (χ4v) is 4.37. The molecular weight excluding hydrogens is 470 g/mol. The molecule has 2 aromatic heterocycles. The van der Waals surface area contributed by atoms with Crippen LogP contribution in [0.2, 0.25) is 0 Å². The number of nitrogens with zero attached hydrogens (tertiary/aromatic N) is 5. The summed E-state index contributed by atoms with van der Waals surface area (Å²) in [7, 11) is 0. The zero-order chi connectivity index (χ0) is 25.8. The molecule has 5 N–H and O–H groups in total. The third kappa shape index (κ3) is 5.20. The van der Waals surface area contributed by atoms with Crippen LogP contribution < -0.4 is 11.1 Å². The number of ether oxygens (including phenoxy) is 2. The zero-order valence-corrected chi connectivity index (χ0v) is 20.3. The van der Waals surface area contributed by atoms with Crippen LogP contribution in [0.4, 0.5) is 10.6 Å². The summed E-state index contributed by atoms with van der Waals surface area (Å²) in [4.78, 5) is 38.6. The van der Waals surface area contributed by atoms with Crippen molar-refractivity contribution in [3.05, 3.63) is 12.2 Å². The normalized spacial score (nSPS) is 24.4. The van der Waals surface area contributed by atoms with Gasteiger partial charge in [0.05, 0.1) is 12.9 Å². The summed E-state index contributed by atoms with van der Waals surface area (Å²) < 4.78 is 12.1. The van der Waals surface area contributed by atoms with Crippen LogP contribution in [0.1, 0.15) is 45.2 Å². The van der Waals surface area contributed by atoms with Gasteiger partial charge in [-0.1, -0.05) is 5.92 Å². The van der Waals surface area contributed by atoms with E-state index in [2.05, 4.69) is 32.1 Å². The molecule has 194 valence electrons. The number of carbonyl (C=O) groups excluding carboxylic acids is 2. The minimum Gasteiger partial charge on any atom is -0.450 e. The van der Waals surface area contributed by atoms with Crippen molar-refractivity contribution in [2.24, 2.45) is 5.92 Å². The standard InChI is InChI=1S/C23H31N7O6/c1-3-25-21(33)18-16(31)17(32)22(36-18)30-12-26-15-19(24)27-14(28-20(15)30)7-5-6-13-8-10-29(11-9-13)23(34)35-4-2/h12-13,16-18,22,31-32H,3-4,6,8-11H2,1-2H3,(H,25,33)(H2,24,27,28). The number of imidazole rings is 1. The van der Waals surface area contributed by atoms with Gasteiger partial charge in [0.2, 0.25) is 5.82 Å². The largest absolute Gasteiger partial charge is 0.450 e. The molecule has 0 aliphatic carbocycles. The Morgan fingerprint density at radius 2 is 2.00 bits per heavy atom. The SMILES string of the molecule is CCNC(=O)C1OC(n2cnc3c(N)nc(C#CCC4CCN(C(=O)OCC)CC4)nc32)C(O)C1O. The first-order valence-corrected chi connectivity index (χ1v) is 12.0. The van der Waals surface area contributed by atoms with E-state index in [0.29, 0.717) is 44.1 Å². The van der Waals surface area contributed by atoms with Gasteiger partial charge in [-0.25, -0.2) is 19.7 Å². The number of nitrogens with two attached hydrogens (primary N) is 1. The summed E-state index contributed by atoms with van der Waals surface area (Å²) in [5, 5.41) is 23.5. The molecule has 4 atom stereocenters. The number of likely N-dealkylation sites (tertiary alicyclic amines) is 1. The highest BCUT2D eigenvalue weighted by Gasteiger charge is 2.47. The summed E-state index contributed by atoms with van der Waals surface area (Å²) in [6, 6.07) is 0. The second kappa shape index (κ2) is 11.1. The van der Waals surface area contributed by atoms with Gasteiger partial charge in [-0.2, -0.15) is 0 Å². The quantitative estimate of drug-likeness (QED) is 0.400. The van der Waals surface area contributed by atoms with Gasteiger partial charge in [-0.15, -0.1) is 0 Å². The zero-order valence-electron chi connectivity index (χ0n) is 20.3. The summed E-state index contributed by atoms with van der Waals surface area (Å²) >= 11 is 0. The number of rotatable bonds is 5. The lowest BCUT2D eigenvalue weighted by Gasteiger charge is -2.30. The maximum Gasteiger partial charge on any atom is 0.409 e. The topological polar surface area (TPSA) is 178 Å². The highest BCUT2D eigenvalue weighted by molar-refractivity contribution is 5.83. The van der Waals surface area contributed by atoms with Gasteiger partial charge in [0, 0.05) is 26.1 Å². The number of aromatic nitrogens is 4. The Morgan fingerprint density at radius 1 is 1.25 bits per heavy atom. The predicted molar refractivity (Wildman–Crippen MR) is 127 cm³/mol. The average molecular weight is 502 g/mol. The summed E-state index contributed by atoms with van der Waals surface area (Å²) in [5.41, 5.74) is 6.62. The fraction of sp³-hybridized carbons (Fsp3) is 0.609. The lowest BCUT2D eigenvalue weighted by atomic mass is 9.94. The maximum atomic E-state index is 12.2. The summed E-state index contributed by atoms with van der Waals surface area (Å²) in [6.07, 6.45) is -1.80. The number of aliphatic hydroxyl groups excluding tert-OH is 2. The van der Waals surface area contributed by atoms with Crippen LogP contribution in [0.25, 0.3) is 11.2 Å². The van der Waals surface area contributed by atoms with Crippen molar-refractivity contribution in [2.45, 2.75) is 57.6 Å². The van der Waals surface area contributed by atoms with E-state index in [1.54, 1.807) is 18.7 Å². The molecule has 4 heterocycles. The number of hydrogen-bond donors (Lipinski definition) is 4. The molecule has 4 unspecified atom stereocenters. The van der Waals surface area contributed by atoms with E-state index >= 15 is 0 Å². The van der Waals surface area contributed by atoms with Gasteiger partial charge < -0.3 is 35.6 Å². The number of hydrogen-bond acceptors (Lipinski definition) is 10. The van der Waals surface area contributed by atoms with Gasteiger partial charge >= 0.3 is 6.09 Å². The molecule has 36 heavy (non-hydrogen) atoms. The minimum atomic E-state index is -1.42. The van der Waals surface area contributed by atoms with Gasteiger partial charge in [-0.05, 0) is 38.5 Å². The minimum absolute atomic E-state index is 0.110. The third-order valence-electron chi connectivity index (χ3n) is 6.30. The van der Waals surface area contributed by atoms with Crippen molar-refractivity contribution in [1.82, 2.24) is 29.7 Å². The Kier molecular flexibility index (Phi) is 7.88. The van der Waals surface area contributed by atoms with E-state index < -0.39 is 30.4 Å². The first-order valence-electron chi connectivity index (χ1n) is 12.0. The van der Waals surface area contributed by atoms with Crippen molar-refractivity contribution >= 4 is 29.0 Å². The van der Waals surface area contributed by atoms with Crippen molar-refractivity contribution in [3.63, 3.8) is 0 Å². The second-order valence-corrected chi connectivity index (χ2v) is 8.71. The van der Waals surface area contributed by atoms with Gasteiger partial charge in [0.15, 0.2) is 23.8 Å². The number of nitrogens with one attached hydrogen (secondary N) is 1. The monoisotopic (exact) mass is 501 g/mol. The number of anilines is 1. The molecule has 0 spiro atoms. The second-order valence-electron chi connectivity index (χ2n) is 8.71. The van der Waals surface area contributed by atoms with E-state index in [9.17, 15) is 19.8 Å². The Bertz CT molecular complexity index is 1170. The molecule has 0 bridgehead atoms. The highest BCUT2D eigenvalue weighted by Crippen LogP contribution is 2.32. The van der Waals surface area contributed by atoms with Crippen LogP contribution in [-0.4, -0.2) is 91.2 Å². The number of piperidine rings is 1. The molecule has 2 aliphatic heterocycles. The van der Waals surface area contributed by atoms with Crippen LogP contribution in [0, 0.1) is 17.8 Å². The van der Waals surface area contributed by atoms with Gasteiger partial charge in [0.1, 0.15) is 17.7 Å². The fourth-order valence-electron chi connectivity index (χ4n) is 4.37. The van der Waals surface area contributed by atoms with E-state index in [1.165, 1.54) is 10.9 Å². The first-order chi connectivity index (χ1) is 17.3. The lowest BCUT2D eigenvalue weighted by molar-refractivity contribution is -0.137. The Labute approximate surface area is 208 Å². The molecule has 2 saturated heterocycles. The van der Waals surface area contributed by atoms with Crippen LogP contribution in [-0.2, 0) is 14.3 Å². The molecule has 0 aromatic carbocycles. The molecular formula is C23H31N7O6. The number of fused-ring (bicyclic) bond motifs is 1. The summed E-state index contributed by atoms with van der Waals surface area (Å²) in [6.45, 7) is 5.51. The van der Waals surface area contributed by atoms with Crippen LogP contribution in [0.3, 0.4) is 0 Å². The van der Waals surface area contributed by atoms with E-state index in [-0.39, 0.29) is 23.4 Å².